The third-order valence-electron chi connectivity index (χ3n) is 6.90. The molecule has 44 heavy (non-hydrogen) atoms. The van der Waals surface area contributed by atoms with Crippen molar-refractivity contribution in [1.82, 2.24) is 15.5 Å². The van der Waals surface area contributed by atoms with E-state index in [2.05, 4.69) is 10.6 Å². The van der Waals surface area contributed by atoms with E-state index in [1.54, 1.807) is 60.6 Å². The zero-order valence-electron chi connectivity index (χ0n) is 27.7. The summed E-state index contributed by atoms with van der Waals surface area (Å²) in [7, 11) is 0. The van der Waals surface area contributed by atoms with Crippen molar-refractivity contribution < 1.29 is 33.8 Å². The molecule has 3 N–H and O–H groups in total. The van der Waals surface area contributed by atoms with Gasteiger partial charge in [-0.05, 0) is 97.6 Å². The Hall–Kier alpha value is -4.08. The zero-order chi connectivity index (χ0) is 33.5. The van der Waals surface area contributed by atoms with Crippen molar-refractivity contribution in [3.05, 3.63) is 65.2 Å². The second kappa shape index (κ2) is 14.6. The minimum absolute atomic E-state index is 0.0304. The van der Waals surface area contributed by atoms with Crippen LogP contribution in [0.1, 0.15) is 91.5 Å². The number of phenols is 1. The Bertz CT molecular complexity index is 1310. The molecule has 0 radical (unpaired) electrons. The van der Waals surface area contributed by atoms with E-state index in [0.29, 0.717) is 17.5 Å². The summed E-state index contributed by atoms with van der Waals surface area (Å²) in [5, 5.41) is 15.6. The lowest BCUT2D eigenvalue weighted by molar-refractivity contribution is -0.159. The maximum Gasteiger partial charge on any atom is 0.408 e. The van der Waals surface area contributed by atoms with Crippen molar-refractivity contribution in [2.75, 3.05) is 6.54 Å². The van der Waals surface area contributed by atoms with E-state index in [9.17, 15) is 24.3 Å². The largest absolute Gasteiger partial charge is 0.508 e. The van der Waals surface area contributed by atoms with Gasteiger partial charge in [0, 0.05) is 12.0 Å². The predicted octanol–water partition coefficient (Wildman–Crippen LogP) is 5.35. The fraction of sp³-hybridized carbons (Fsp3) is 0.529. The number of carbonyl (C=O) groups is 4. The quantitative estimate of drug-likeness (QED) is 0.292. The molecule has 0 spiro atoms. The highest BCUT2D eigenvalue weighted by molar-refractivity contribution is 5.93. The number of aryl methyl sites for hydroxylation is 1. The first-order chi connectivity index (χ1) is 20.2. The molecule has 2 aromatic rings. The van der Waals surface area contributed by atoms with Gasteiger partial charge in [0.1, 0.15) is 35.6 Å². The van der Waals surface area contributed by atoms with Crippen LogP contribution in [0, 0.1) is 6.92 Å². The van der Waals surface area contributed by atoms with Gasteiger partial charge in [-0.25, -0.2) is 9.59 Å². The Morgan fingerprint density at radius 3 is 2.00 bits per heavy atom. The summed E-state index contributed by atoms with van der Waals surface area (Å²) >= 11 is 0. The van der Waals surface area contributed by atoms with Gasteiger partial charge in [0.05, 0.1) is 0 Å². The lowest BCUT2D eigenvalue weighted by Crippen LogP contribution is -2.57. The summed E-state index contributed by atoms with van der Waals surface area (Å²) in [5.41, 5.74) is -0.708. The van der Waals surface area contributed by atoms with Gasteiger partial charge in [-0.3, -0.25) is 9.59 Å². The average Bonchev–Trinajstić information content (AvgIpc) is 2.90. The summed E-state index contributed by atoms with van der Waals surface area (Å²) in [5.74, 6) is -1.74. The predicted molar refractivity (Wildman–Crippen MR) is 169 cm³/mol. The Balaban J connectivity index is 2.59. The van der Waals surface area contributed by atoms with Crippen LogP contribution in [0.25, 0.3) is 0 Å². The van der Waals surface area contributed by atoms with Gasteiger partial charge in [0.2, 0.25) is 11.8 Å². The molecular formula is C34H49N3O7. The summed E-state index contributed by atoms with van der Waals surface area (Å²) < 4.78 is 11.0. The minimum Gasteiger partial charge on any atom is -0.508 e. The molecule has 10 nitrogen and oxygen atoms in total. The SMILES string of the molecule is CCC(C)(C)N(C(=O)CNC(=O)OC(C)(C)C)C(C(=O)NC(Cc1ccccc1)C(=O)OC(C)(C)C)c1ccc(O)c(C)c1. The number of phenolic OH excluding ortho intramolecular Hbond substituents is 1. The van der Waals surface area contributed by atoms with Gasteiger partial charge in [-0.1, -0.05) is 43.3 Å². The normalized spacial score (nSPS) is 13.3. The lowest BCUT2D eigenvalue weighted by Gasteiger charge is -2.43. The number of nitrogens with one attached hydrogen (secondary N) is 2. The van der Waals surface area contributed by atoms with E-state index in [1.165, 1.54) is 11.0 Å². The molecule has 2 atom stereocenters. The van der Waals surface area contributed by atoms with Gasteiger partial charge in [-0.2, -0.15) is 0 Å². The van der Waals surface area contributed by atoms with Crippen LogP contribution in [0.5, 0.6) is 5.75 Å². The van der Waals surface area contributed by atoms with E-state index in [1.807, 2.05) is 51.1 Å². The number of aromatic hydroxyl groups is 1. The average molecular weight is 612 g/mol. The molecule has 2 unspecified atom stereocenters. The van der Waals surface area contributed by atoms with Gasteiger partial charge < -0.3 is 30.1 Å². The molecule has 0 saturated heterocycles. The van der Waals surface area contributed by atoms with E-state index in [-0.39, 0.29) is 12.2 Å². The van der Waals surface area contributed by atoms with Gasteiger partial charge in [0.25, 0.3) is 0 Å². The number of benzene rings is 2. The second-order valence-corrected chi connectivity index (χ2v) is 13.5. The molecule has 10 heteroatoms. The van der Waals surface area contributed by atoms with Crippen LogP contribution in [-0.4, -0.2) is 63.2 Å². The summed E-state index contributed by atoms with van der Waals surface area (Å²) in [4.78, 5) is 55.5. The van der Waals surface area contributed by atoms with Crippen molar-refractivity contribution in [2.24, 2.45) is 0 Å². The third kappa shape index (κ3) is 10.9. The van der Waals surface area contributed by atoms with Crippen LogP contribution in [0.15, 0.2) is 48.5 Å². The molecule has 0 aromatic heterocycles. The number of rotatable bonds is 11. The second-order valence-electron chi connectivity index (χ2n) is 13.5. The smallest absolute Gasteiger partial charge is 0.408 e. The molecule has 2 rings (SSSR count). The number of carbonyl (C=O) groups excluding carboxylic acids is 4. The fourth-order valence-corrected chi connectivity index (χ4v) is 4.48. The third-order valence-corrected chi connectivity index (χ3v) is 6.90. The minimum atomic E-state index is -1.22. The maximum atomic E-state index is 14.4. The molecular weight excluding hydrogens is 562 g/mol. The zero-order valence-corrected chi connectivity index (χ0v) is 27.7. The number of hydrogen-bond acceptors (Lipinski definition) is 7. The highest BCUT2D eigenvalue weighted by Gasteiger charge is 2.41. The van der Waals surface area contributed by atoms with Crippen LogP contribution >= 0.6 is 0 Å². The molecule has 0 aliphatic rings. The Kier molecular flexibility index (Phi) is 12.0. The first kappa shape index (κ1) is 36.1. The van der Waals surface area contributed by atoms with Crippen LogP contribution in [0.2, 0.25) is 0 Å². The number of ether oxygens (including phenoxy) is 2. The summed E-state index contributed by atoms with van der Waals surface area (Å²) in [6.07, 6.45) is -0.144. The monoisotopic (exact) mass is 611 g/mol. The molecule has 0 heterocycles. The number of alkyl carbamates (subject to hydrolysis) is 1. The van der Waals surface area contributed by atoms with Gasteiger partial charge >= 0.3 is 12.1 Å². The Labute approximate surface area is 261 Å². The highest BCUT2D eigenvalue weighted by Crippen LogP contribution is 2.33. The van der Waals surface area contributed by atoms with Crippen LogP contribution in [-0.2, 0) is 30.3 Å². The highest BCUT2D eigenvalue weighted by atomic mass is 16.6. The number of hydrogen-bond donors (Lipinski definition) is 3. The van der Waals surface area contributed by atoms with Crippen LogP contribution in [0.4, 0.5) is 4.79 Å². The van der Waals surface area contributed by atoms with Crippen molar-refractivity contribution in [3.63, 3.8) is 0 Å². The summed E-state index contributed by atoms with van der Waals surface area (Å²) in [6, 6.07) is 11.6. The van der Waals surface area contributed by atoms with E-state index >= 15 is 0 Å². The Morgan fingerprint density at radius 1 is 0.886 bits per heavy atom. The van der Waals surface area contributed by atoms with E-state index in [4.69, 9.17) is 9.47 Å². The molecule has 2 aromatic carbocycles. The molecule has 0 fully saturated rings. The number of esters is 1. The van der Waals surface area contributed by atoms with Crippen molar-refractivity contribution in [1.29, 1.82) is 0 Å². The van der Waals surface area contributed by atoms with Crippen molar-refractivity contribution in [2.45, 2.75) is 111 Å². The number of amides is 3. The maximum absolute atomic E-state index is 14.4. The van der Waals surface area contributed by atoms with Crippen molar-refractivity contribution in [3.8, 4) is 5.75 Å². The Morgan fingerprint density at radius 2 is 1.48 bits per heavy atom. The molecule has 242 valence electrons. The van der Waals surface area contributed by atoms with Gasteiger partial charge in [-0.15, -0.1) is 0 Å². The van der Waals surface area contributed by atoms with E-state index in [0.717, 1.165) is 5.56 Å². The first-order valence-corrected chi connectivity index (χ1v) is 14.9. The molecule has 0 saturated carbocycles. The molecule has 3 amide bonds. The first-order valence-electron chi connectivity index (χ1n) is 14.9. The van der Waals surface area contributed by atoms with Crippen LogP contribution in [0.3, 0.4) is 0 Å². The number of nitrogens with zero attached hydrogens (tertiary/aromatic N) is 1. The fourth-order valence-electron chi connectivity index (χ4n) is 4.48. The lowest BCUT2D eigenvalue weighted by atomic mass is 9.92. The van der Waals surface area contributed by atoms with Gasteiger partial charge in [0.15, 0.2) is 0 Å². The molecule has 0 aliphatic carbocycles. The summed E-state index contributed by atoms with van der Waals surface area (Å²) in [6.45, 7) is 17.2. The molecule has 0 aliphatic heterocycles. The standard InChI is InChI=1S/C34H49N3O7/c1-11-34(9,10)37(27(39)21-35-31(42)44-33(6,7)8)28(24-17-18-26(38)22(2)19-24)29(40)36-25(30(41)43-32(3,4)5)20-23-15-13-12-14-16-23/h12-19,25,28,38H,11,20-21H2,1-10H3,(H,35,42)(H,36,40). The van der Waals surface area contributed by atoms with E-state index < -0.39 is 59.2 Å². The topological polar surface area (TPSA) is 134 Å². The van der Waals surface area contributed by atoms with Crippen LogP contribution < -0.4 is 10.6 Å². The van der Waals surface area contributed by atoms with Crippen molar-refractivity contribution >= 4 is 23.9 Å². The molecule has 0 bridgehead atoms.